The van der Waals surface area contributed by atoms with Crippen molar-refractivity contribution in [2.75, 3.05) is 0 Å². The molecule has 0 radical (unpaired) electrons. The molecule has 0 amide bonds. The molecule has 0 heterocycles. The summed E-state index contributed by atoms with van der Waals surface area (Å²) in [4.78, 5) is 34.3. The van der Waals surface area contributed by atoms with E-state index in [0.29, 0.717) is 0 Å². The Morgan fingerprint density at radius 2 is 0.857 bits per heavy atom. The van der Waals surface area contributed by atoms with Gasteiger partial charge in [0, 0.05) is 0 Å². The first-order valence-corrected chi connectivity index (χ1v) is 2.45. The van der Waals surface area contributed by atoms with Gasteiger partial charge < -0.3 is 28.2 Å². The predicted molar refractivity (Wildman–Crippen MR) is 8.26 cm³/mol. The fourth-order valence-electron chi connectivity index (χ4n) is 0. The van der Waals surface area contributed by atoms with Gasteiger partial charge >= 0.3 is 21.7 Å². The molecule has 0 saturated heterocycles. The van der Waals surface area contributed by atoms with Crippen molar-refractivity contribution in [1.29, 1.82) is 0 Å². The molecule has 7 heavy (non-hydrogen) atoms. The molecule has 0 aromatic rings. The second-order valence-electron chi connectivity index (χ2n) is 0.500. The van der Waals surface area contributed by atoms with Crippen LogP contribution in [0.15, 0.2) is 0 Å². The maximum absolute atomic E-state index is 8.58. The molecule has 0 saturated carbocycles. The topological polar surface area (TPSA) is 92.2 Å². The zero-order valence-corrected chi connectivity index (χ0v) is 5.60. The summed E-state index contributed by atoms with van der Waals surface area (Å²) in [6, 6.07) is 0. The molecule has 0 fully saturated rings. The average Bonchev–Trinajstić information content (AvgIpc) is 0.722. The van der Waals surface area contributed by atoms with Crippen LogP contribution in [0.25, 0.3) is 0 Å². The summed E-state index contributed by atoms with van der Waals surface area (Å²) in [7, 11) is -5.61. The number of halogens is 1. The maximum atomic E-state index is 8.58. The van der Waals surface area contributed by atoms with Crippen molar-refractivity contribution in [3.8, 4) is 0 Å². The molecule has 0 bridgehead atoms. The normalized spacial score (nSPS) is 8.57. The van der Waals surface area contributed by atoms with E-state index >= 15 is 0 Å². The first-order chi connectivity index (χ1) is 2.00. The first kappa shape index (κ1) is 15.6. The minimum Gasteiger partial charge on any atom is -0.894 e. The standard InChI is InChI=1S/FH.O4Si.Ti/c;1-5(2,3)4;/h1H;;/q;-4;+4. The summed E-state index contributed by atoms with van der Waals surface area (Å²) in [5.74, 6) is 0. The molecule has 0 aliphatic carbocycles. The fourth-order valence-corrected chi connectivity index (χ4v) is 0. The van der Waals surface area contributed by atoms with Crippen LogP contribution in [0.3, 0.4) is 0 Å². The maximum Gasteiger partial charge on any atom is 4.00 e. The van der Waals surface area contributed by atoms with E-state index in [-0.39, 0.29) is 26.4 Å². The molecule has 0 aliphatic heterocycles. The average molecular weight is 160 g/mol. The third-order valence-corrected chi connectivity index (χ3v) is 0. The summed E-state index contributed by atoms with van der Waals surface area (Å²) in [6.07, 6.45) is 0. The van der Waals surface area contributed by atoms with Crippen LogP contribution in [0.5, 0.6) is 0 Å². The van der Waals surface area contributed by atoms with E-state index in [4.69, 9.17) is 19.2 Å². The van der Waals surface area contributed by atoms with Crippen molar-refractivity contribution in [2.24, 2.45) is 0 Å². The first-order valence-electron chi connectivity index (χ1n) is 0.816. The van der Waals surface area contributed by atoms with Crippen molar-refractivity contribution in [2.45, 2.75) is 0 Å². The van der Waals surface area contributed by atoms with Crippen LogP contribution < -0.4 is 19.2 Å². The molecule has 0 aliphatic rings. The van der Waals surface area contributed by atoms with E-state index in [2.05, 4.69) is 0 Å². The molecular formula is HFO4SiTi. The van der Waals surface area contributed by atoms with Gasteiger partial charge in [-0.3, -0.25) is 4.70 Å². The molecule has 0 aromatic heterocycles. The molecular weight excluding hydrogens is 159 g/mol. The van der Waals surface area contributed by atoms with Gasteiger partial charge in [-0.25, -0.2) is 0 Å². The Kier molecular flexibility index (Phi) is 10.8. The smallest absolute Gasteiger partial charge is 0.894 e. The number of rotatable bonds is 0. The molecule has 0 aromatic carbocycles. The molecule has 0 unspecified atom stereocenters. The molecule has 0 rings (SSSR count). The number of hydrogen-bond acceptors (Lipinski definition) is 4. The Balaban J connectivity index is -0.0000000800. The summed E-state index contributed by atoms with van der Waals surface area (Å²) < 4.78 is 0. The molecule has 4 nitrogen and oxygen atoms in total. The van der Waals surface area contributed by atoms with Gasteiger partial charge in [0.25, 0.3) is 0 Å². The zero-order valence-electron chi connectivity index (χ0n) is 3.04. The predicted octanol–water partition coefficient (Wildman–Crippen LogP) is -4.99. The monoisotopic (exact) mass is 160 g/mol. The molecule has 0 spiro atoms. The SMILES string of the molecule is F.[O-][Si]([O-])([O-])[O-].[Ti+4]. The van der Waals surface area contributed by atoms with Crippen molar-refractivity contribution in [1.82, 2.24) is 0 Å². The minimum atomic E-state index is -5.61. The van der Waals surface area contributed by atoms with Crippen molar-refractivity contribution >= 4 is 9.05 Å². The summed E-state index contributed by atoms with van der Waals surface area (Å²) >= 11 is 0. The second kappa shape index (κ2) is 4.85. The van der Waals surface area contributed by atoms with E-state index in [1.807, 2.05) is 0 Å². The van der Waals surface area contributed by atoms with Gasteiger partial charge in [-0.05, 0) is 0 Å². The quantitative estimate of drug-likeness (QED) is 0.331. The van der Waals surface area contributed by atoms with Gasteiger partial charge in [0.2, 0.25) is 0 Å². The van der Waals surface area contributed by atoms with Crippen molar-refractivity contribution < 1.29 is 45.6 Å². The van der Waals surface area contributed by atoms with E-state index in [0.717, 1.165) is 0 Å². The van der Waals surface area contributed by atoms with Gasteiger partial charge in [0.1, 0.15) is 0 Å². The van der Waals surface area contributed by atoms with E-state index in [1.165, 1.54) is 0 Å². The number of hydrogen-bond donors (Lipinski definition) is 0. The van der Waals surface area contributed by atoms with E-state index in [1.54, 1.807) is 0 Å². The summed E-state index contributed by atoms with van der Waals surface area (Å²) in [5.41, 5.74) is 0. The molecule has 0 N–H and O–H groups in total. The van der Waals surface area contributed by atoms with Gasteiger partial charge in [-0.2, -0.15) is 0 Å². The van der Waals surface area contributed by atoms with Gasteiger partial charge in [0.05, 0.1) is 0 Å². The van der Waals surface area contributed by atoms with Crippen LogP contribution in [-0.2, 0) is 21.7 Å². The molecule has 7 heteroatoms. The van der Waals surface area contributed by atoms with E-state index < -0.39 is 9.05 Å². The van der Waals surface area contributed by atoms with E-state index in [9.17, 15) is 0 Å². The molecule has 0 atom stereocenters. The zero-order chi connectivity index (χ0) is 4.50. The van der Waals surface area contributed by atoms with Crippen LogP contribution in [-0.4, -0.2) is 9.05 Å². The van der Waals surface area contributed by atoms with Crippen LogP contribution in [0.4, 0.5) is 4.70 Å². The van der Waals surface area contributed by atoms with Gasteiger partial charge in [0.15, 0.2) is 0 Å². The Bertz CT molecular complexity index is 27.2. The van der Waals surface area contributed by atoms with Crippen molar-refractivity contribution in [3.05, 3.63) is 0 Å². The molecule has 40 valence electrons. The summed E-state index contributed by atoms with van der Waals surface area (Å²) in [6.45, 7) is 0. The van der Waals surface area contributed by atoms with Crippen molar-refractivity contribution in [3.63, 3.8) is 0 Å². The van der Waals surface area contributed by atoms with Gasteiger partial charge in [-0.15, -0.1) is 0 Å². The second-order valence-corrected chi connectivity index (χ2v) is 1.50. The minimum absolute atomic E-state index is 0. The Morgan fingerprint density at radius 1 is 0.857 bits per heavy atom. The van der Waals surface area contributed by atoms with Crippen LogP contribution in [0.1, 0.15) is 0 Å². The largest absolute Gasteiger partial charge is 4.00 e. The third kappa shape index (κ3) is 301. The van der Waals surface area contributed by atoms with Crippen LogP contribution in [0, 0.1) is 0 Å². The Labute approximate surface area is 55.2 Å². The fraction of sp³-hybridized carbons (Fsp3) is 0. The van der Waals surface area contributed by atoms with Crippen LogP contribution >= 0.6 is 0 Å². The van der Waals surface area contributed by atoms with Crippen LogP contribution in [0.2, 0.25) is 0 Å². The Morgan fingerprint density at radius 3 is 0.857 bits per heavy atom. The third-order valence-electron chi connectivity index (χ3n) is 0. The Hall–Kier alpha value is 0.701. The summed E-state index contributed by atoms with van der Waals surface area (Å²) in [5, 5.41) is 0. The van der Waals surface area contributed by atoms with Gasteiger partial charge in [-0.1, -0.05) is 0 Å².